The fourth-order valence-corrected chi connectivity index (χ4v) is 2.45. The fourth-order valence-electron chi connectivity index (χ4n) is 2.07. The number of carbonyl (C=O) groups excluding carboxylic acids is 1. The lowest BCUT2D eigenvalue weighted by molar-refractivity contribution is -0.147. The molecule has 0 saturated heterocycles. The van der Waals surface area contributed by atoms with Gasteiger partial charge in [0.1, 0.15) is 5.54 Å². The highest BCUT2D eigenvalue weighted by Gasteiger charge is 2.36. The summed E-state index contributed by atoms with van der Waals surface area (Å²) >= 11 is 3.40. The average Bonchev–Trinajstić information content (AvgIpc) is 2.87. The van der Waals surface area contributed by atoms with Crippen molar-refractivity contribution < 1.29 is 14.7 Å². The number of aromatic nitrogens is 2. The summed E-state index contributed by atoms with van der Waals surface area (Å²) in [6.45, 7) is 4.76. The lowest BCUT2D eigenvalue weighted by Crippen LogP contribution is -2.50. The van der Waals surface area contributed by atoms with Gasteiger partial charge in [0.25, 0.3) is 5.91 Å². The zero-order chi connectivity index (χ0) is 17.4. The molecule has 0 bridgehead atoms. The van der Waals surface area contributed by atoms with Crippen molar-refractivity contribution in [1.29, 1.82) is 0 Å². The molecule has 0 radical (unpaired) electrons. The second-order valence-corrected chi connectivity index (χ2v) is 6.68. The summed E-state index contributed by atoms with van der Waals surface area (Å²) in [4.78, 5) is 25.2. The number of carboxylic acid groups (broad SMARTS) is 1. The number of benzene rings is 1. The summed E-state index contributed by atoms with van der Waals surface area (Å²) in [5, 5.41) is 13.5. The Morgan fingerprint density at radius 3 is 2.57 bits per heavy atom. The minimum absolute atomic E-state index is 0.377. The van der Waals surface area contributed by atoms with Gasteiger partial charge in [-0.15, -0.1) is 0 Å². The van der Waals surface area contributed by atoms with Crippen molar-refractivity contribution >= 4 is 27.8 Å². The number of amides is 1. The molecular weight excluding hydrogens is 362 g/mol. The van der Waals surface area contributed by atoms with Gasteiger partial charge in [-0.1, -0.05) is 22.0 Å². The van der Waals surface area contributed by atoms with Crippen LogP contribution < -0.4 is 0 Å². The Labute approximate surface area is 142 Å². The summed E-state index contributed by atoms with van der Waals surface area (Å²) in [6, 6.07) is 7.54. The third-order valence-corrected chi connectivity index (χ3v) is 4.45. The minimum atomic E-state index is -1.30. The van der Waals surface area contributed by atoms with E-state index in [0.29, 0.717) is 11.3 Å². The van der Waals surface area contributed by atoms with Crippen LogP contribution in [-0.4, -0.2) is 44.3 Å². The van der Waals surface area contributed by atoms with E-state index in [0.717, 1.165) is 10.2 Å². The number of nitrogens with zero attached hydrogens (tertiary/aromatic N) is 3. The molecule has 0 spiro atoms. The van der Waals surface area contributed by atoms with Gasteiger partial charge in [0, 0.05) is 11.5 Å². The minimum Gasteiger partial charge on any atom is -0.480 e. The van der Waals surface area contributed by atoms with Gasteiger partial charge in [0.05, 0.1) is 23.1 Å². The number of hydrogen-bond acceptors (Lipinski definition) is 3. The molecule has 0 aliphatic carbocycles. The summed E-state index contributed by atoms with van der Waals surface area (Å²) < 4.78 is 2.56. The number of halogens is 1. The Bertz CT molecular complexity index is 768. The van der Waals surface area contributed by atoms with Gasteiger partial charge in [-0.25, -0.2) is 9.48 Å². The third-order valence-electron chi connectivity index (χ3n) is 3.96. The second-order valence-electron chi connectivity index (χ2n) is 5.76. The number of carbonyl (C=O) groups is 2. The van der Waals surface area contributed by atoms with Crippen molar-refractivity contribution in [3.05, 3.63) is 46.2 Å². The van der Waals surface area contributed by atoms with Crippen molar-refractivity contribution in [2.75, 3.05) is 7.05 Å². The largest absolute Gasteiger partial charge is 0.480 e. The predicted molar refractivity (Wildman–Crippen MR) is 89.8 cm³/mol. The average molecular weight is 380 g/mol. The van der Waals surface area contributed by atoms with E-state index in [2.05, 4.69) is 21.0 Å². The Hall–Kier alpha value is -2.15. The molecule has 1 aromatic heterocycles. The fraction of sp³-hybridized carbons (Fsp3) is 0.312. The summed E-state index contributed by atoms with van der Waals surface area (Å²) in [5.74, 6) is -1.44. The molecule has 2 aromatic rings. The normalized spacial score (nSPS) is 11.3. The lowest BCUT2D eigenvalue weighted by Gasteiger charge is -2.31. The molecule has 1 amide bonds. The van der Waals surface area contributed by atoms with Crippen LogP contribution in [0.15, 0.2) is 34.9 Å². The van der Waals surface area contributed by atoms with Crippen molar-refractivity contribution in [2.45, 2.75) is 26.3 Å². The Morgan fingerprint density at radius 1 is 1.35 bits per heavy atom. The van der Waals surface area contributed by atoms with E-state index >= 15 is 0 Å². The molecule has 0 aliphatic heterocycles. The molecule has 0 atom stereocenters. The van der Waals surface area contributed by atoms with Crippen molar-refractivity contribution in [3.8, 4) is 5.69 Å². The molecule has 0 fully saturated rings. The van der Waals surface area contributed by atoms with Crippen LogP contribution in [0.1, 0.15) is 29.9 Å². The van der Waals surface area contributed by atoms with Crippen LogP contribution in [0.4, 0.5) is 0 Å². The van der Waals surface area contributed by atoms with Gasteiger partial charge in [0.2, 0.25) is 0 Å². The zero-order valence-corrected chi connectivity index (χ0v) is 15.0. The van der Waals surface area contributed by atoms with E-state index < -0.39 is 11.5 Å². The highest BCUT2D eigenvalue weighted by molar-refractivity contribution is 9.10. The Morgan fingerprint density at radius 2 is 2.00 bits per heavy atom. The van der Waals surface area contributed by atoms with Gasteiger partial charge in [-0.2, -0.15) is 5.10 Å². The topological polar surface area (TPSA) is 75.4 Å². The SMILES string of the molecule is Cc1c(C(=O)N(C)C(C)(C)C(=O)O)cnn1-c1cccc(Br)c1. The molecule has 23 heavy (non-hydrogen) atoms. The van der Waals surface area contributed by atoms with Gasteiger partial charge in [0.15, 0.2) is 0 Å². The van der Waals surface area contributed by atoms with Crippen LogP contribution >= 0.6 is 15.9 Å². The van der Waals surface area contributed by atoms with Crippen LogP contribution in [0.2, 0.25) is 0 Å². The summed E-state index contributed by atoms with van der Waals surface area (Å²) in [6.07, 6.45) is 1.47. The van der Waals surface area contributed by atoms with E-state index in [1.807, 2.05) is 24.3 Å². The monoisotopic (exact) mass is 379 g/mol. The number of likely N-dealkylation sites (N-methyl/N-ethyl adjacent to an activating group) is 1. The lowest BCUT2D eigenvalue weighted by atomic mass is 10.0. The van der Waals surface area contributed by atoms with Crippen LogP contribution in [0.5, 0.6) is 0 Å². The highest BCUT2D eigenvalue weighted by Crippen LogP contribution is 2.21. The molecule has 122 valence electrons. The molecular formula is C16H18BrN3O3. The van der Waals surface area contributed by atoms with Gasteiger partial charge in [-0.05, 0) is 39.0 Å². The smallest absolute Gasteiger partial charge is 0.329 e. The summed E-state index contributed by atoms with van der Waals surface area (Å²) in [7, 11) is 1.48. The van der Waals surface area contributed by atoms with Gasteiger partial charge < -0.3 is 10.0 Å². The van der Waals surface area contributed by atoms with Crippen LogP contribution in [-0.2, 0) is 4.79 Å². The van der Waals surface area contributed by atoms with Crippen LogP contribution in [0.25, 0.3) is 5.69 Å². The third kappa shape index (κ3) is 3.14. The number of carboxylic acids is 1. The molecule has 0 aliphatic rings. The van der Waals surface area contributed by atoms with Crippen LogP contribution in [0.3, 0.4) is 0 Å². The van der Waals surface area contributed by atoms with E-state index in [1.165, 1.54) is 32.0 Å². The number of aliphatic carboxylic acids is 1. The molecule has 1 aromatic carbocycles. The molecule has 7 heteroatoms. The van der Waals surface area contributed by atoms with Gasteiger partial charge >= 0.3 is 5.97 Å². The molecule has 1 N–H and O–H groups in total. The van der Waals surface area contributed by atoms with E-state index in [-0.39, 0.29) is 5.91 Å². The van der Waals surface area contributed by atoms with Crippen LogP contribution in [0, 0.1) is 6.92 Å². The first kappa shape index (κ1) is 17.2. The van der Waals surface area contributed by atoms with Crippen molar-refractivity contribution in [3.63, 3.8) is 0 Å². The maximum atomic E-state index is 12.6. The molecule has 1 heterocycles. The zero-order valence-electron chi connectivity index (χ0n) is 13.4. The van der Waals surface area contributed by atoms with Gasteiger partial charge in [-0.3, -0.25) is 4.79 Å². The van der Waals surface area contributed by atoms with Crippen molar-refractivity contribution in [1.82, 2.24) is 14.7 Å². The summed E-state index contributed by atoms with van der Waals surface area (Å²) in [5.41, 5.74) is 0.542. The van der Waals surface area contributed by atoms with E-state index in [1.54, 1.807) is 11.6 Å². The quantitative estimate of drug-likeness (QED) is 0.885. The number of rotatable bonds is 4. The molecule has 6 nitrogen and oxygen atoms in total. The first-order valence-electron chi connectivity index (χ1n) is 6.98. The van der Waals surface area contributed by atoms with Crippen molar-refractivity contribution in [2.24, 2.45) is 0 Å². The first-order chi connectivity index (χ1) is 10.7. The Kier molecular flexibility index (Phi) is 4.61. The number of hydrogen-bond donors (Lipinski definition) is 1. The van der Waals surface area contributed by atoms with E-state index in [9.17, 15) is 14.7 Å². The molecule has 0 saturated carbocycles. The second kappa shape index (κ2) is 6.16. The van der Waals surface area contributed by atoms with E-state index in [4.69, 9.17) is 0 Å². The molecule has 2 rings (SSSR count). The first-order valence-corrected chi connectivity index (χ1v) is 7.77. The maximum absolute atomic E-state index is 12.6. The Balaban J connectivity index is 2.40. The predicted octanol–water partition coefficient (Wildman–Crippen LogP) is 2.88. The maximum Gasteiger partial charge on any atom is 0.329 e. The highest BCUT2D eigenvalue weighted by atomic mass is 79.9. The standard InChI is InChI=1S/C16H18BrN3O3/c1-10-13(14(21)19(4)16(2,3)15(22)23)9-18-20(10)12-7-5-6-11(17)8-12/h5-9H,1-4H3,(H,22,23). The molecule has 0 unspecified atom stereocenters.